The Morgan fingerprint density at radius 2 is 2.21 bits per heavy atom. The number of hydrogen-bond acceptors (Lipinski definition) is 5. The first kappa shape index (κ1) is 14.2. The molecule has 2 rings (SSSR count). The van der Waals surface area contributed by atoms with Crippen LogP contribution in [0.3, 0.4) is 0 Å². The van der Waals surface area contributed by atoms with Crippen LogP contribution in [0.5, 0.6) is 0 Å². The number of thiophene rings is 1. The van der Waals surface area contributed by atoms with Crippen LogP contribution in [-0.2, 0) is 19.7 Å². The molecule has 1 N–H and O–H groups in total. The monoisotopic (exact) mass is 364 g/mol. The molecule has 0 radical (unpaired) electrons. The topological polar surface area (TPSA) is 84.8 Å². The van der Waals surface area contributed by atoms with E-state index in [0.717, 1.165) is 9.35 Å². The predicted molar refractivity (Wildman–Crippen MR) is 76.2 cm³/mol. The summed E-state index contributed by atoms with van der Waals surface area (Å²) < 4.78 is 34.2. The van der Waals surface area contributed by atoms with Crippen molar-refractivity contribution in [1.29, 1.82) is 0 Å². The molecular weight excluding hydrogens is 356 g/mol. The molecular formula is C10H9BrN2O4S2. The molecule has 6 nitrogen and oxygen atoms in total. The summed E-state index contributed by atoms with van der Waals surface area (Å²) >= 11 is 4.72. The maximum absolute atomic E-state index is 11.6. The lowest BCUT2D eigenvalue weighted by Crippen LogP contribution is -2.29. The molecule has 1 aliphatic heterocycles. The number of rotatable bonds is 2. The van der Waals surface area contributed by atoms with Gasteiger partial charge in [-0.1, -0.05) is 0 Å². The van der Waals surface area contributed by atoms with Gasteiger partial charge in [-0.15, -0.1) is 15.7 Å². The maximum Gasteiger partial charge on any atom is 0.357 e. The van der Waals surface area contributed by atoms with Crippen molar-refractivity contribution in [3.63, 3.8) is 0 Å². The van der Waals surface area contributed by atoms with Crippen LogP contribution in [0.25, 0.3) is 5.70 Å². The second kappa shape index (κ2) is 5.06. The lowest BCUT2D eigenvalue weighted by molar-refractivity contribution is -0.132. The SMILES string of the molecule is COC(=O)C1=NS(=O)(=O)NC(c2cc(C)c(Br)s2)=C1. The number of carbonyl (C=O) groups is 1. The smallest absolute Gasteiger partial charge is 0.357 e. The highest BCUT2D eigenvalue weighted by atomic mass is 79.9. The van der Waals surface area contributed by atoms with Crippen molar-refractivity contribution in [3.05, 3.63) is 26.4 Å². The van der Waals surface area contributed by atoms with Crippen molar-refractivity contribution in [1.82, 2.24) is 4.72 Å². The highest BCUT2D eigenvalue weighted by molar-refractivity contribution is 9.11. The van der Waals surface area contributed by atoms with Gasteiger partial charge in [-0.3, -0.25) is 4.72 Å². The predicted octanol–water partition coefficient (Wildman–Crippen LogP) is 1.62. The van der Waals surface area contributed by atoms with Gasteiger partial charge in [0, 0.05) is 0 Å². The van der Waals surface area contributed by atoms with E-state index in [-0.39, 0.29) is 5.71 Å². The van der Waals surface area contributed by atoms with Gasteiger partial charge < -0.3 is 4.74 Å². The number of nitrogens with one attached hydrogen (secondary N) is 1. The fourth-order valence-electron chi connectivity index (χ4n) is 1.40. The Hall–Kier alpha value is -1.19. The van der Waals surface area contributed by atoms with Crippen LogP contribution in [0.2, 0.25) is 0 Å². The van der Waals surface area contributed by atoms with Crippen LogP contribution in [0.1, 0.15) is 10.4 Å². The summed E-state index contributed by atoms with van der Waals surface area (Å²) in [5.74, 6) is -0.796. The molecule has 9 heteroatoms. The minimum absolute atomic E-state index is 0.251. The number of esters is 1. The zero-order valence-corrected chi connectivity index (χ0v) is 13.1. The maximum atomic E-state index is 11.6. The summed E-state index contributed by atoms with van der Waals surface area (Å²) in [6.45, 7) is 1.89. The van der Waals surface area contributed by atoms with Crippen LogP contribution in [0, 0.1) is 6.92 Å². The molecule has 0 aliphatic carbocycles. The van der Waals surface area contributed by atoms with Crippen LogP contribution >= 0.6 is 27.3 Å². The second-order valence-electron chi connectivity index (χ2n) is 3.67. The highest BCUT2D eigenvalue weighted by Crippen LogP contribution is 2.32. The zero-order valence-electron chi connectivity index (χ0n) is 9.93. The first-order valence-corrected chi connectivity index (χ1v) is 8.06. The van der Waals surface area contributed by atoms with Gasteiger partial charge in [0.15, 0.2) is 5.71 Å². The molecule has 0 aromatic carbocycles. The number of halogens is 1. The van der Waals surface area contributed by atoms with Gasteiger partial charge in [0.05, 0.1) is 21.5 Å². The van der Waals surface area contributed by atoms with Crippen LogP contribution in [0.4, 0.5) is 0 Å². The van der Waals surface area contributed by atoms with Crippen molar-refractivity contribution in [3.8, 4) is 0 Å². The van der Waals surface area contributed by atoms with Crippen molar-refractivity contribution in [2.45, 2.75) is 6.92 Å². The first-order chi connectivity index (χ1) is 8.82. The quantitative estimate of drug-likeness (QED) is 0.808. The first-order valence-electron chi connectivity index (χ1n) is 5.01. The minimum atomic E-state index is -3.93. The van der Waals surface area contributed by atoms with Gasteiger partial charge in [0.25, 0.3) is 0 Å². The minimum Gasteiger partial charge on any atom is -0.464 e. The van der Waals surface area contributed by atoms with E-state index < -0.39 is 16.2 Å². The standard InChI is InChI=1S/C10H9BrN2O4S2/c1-5-3-8(18-9(5)11)6-4-7(10(14)17-2)13-19(15,16)12-6/h3-4,12H,1-2H3. The van der Waals surface area contributed by atoms with Crippen molar-refractivity contribution in [2.24, 2.45) is 4.40 Å². The average molecular weight is 365 g/mol. The van der Waals surface area contributed by atoms with Gasteiger partial charge in [0.1, 0.15) is 0 Å². The molecule has 0 spiro atoms. The Bertz CT molecular complexity index is 684. The molecule has 2 heterocycles. The Kier molecular flexibility index (Phi) is 3.79. The van der Waals surface area contributed by atoms with Gasteiger partial charge >= 0.3 is 16.2 Å². The number of ether oxygens (including phenoxy) is 1. The van der Waals surface area contributed by atoms with Crippen LogP contribution in [0.15, 0.2) is 20.3 Å². The molecule has 102 valence electrons. The average Bonchev–Trinajstić information content (AvgIpc) is 2.66. The van der Waals surface area contributed by atoms with Crippen molar-refractivity contribution in [2.75, 3.05) is 7.11 Å². The summed E-state index contributed by atoms with van der Waals surface area (Å²) in [5, 5.41) is 0. The highest BCUT2D eigenvalue weighted by Gasteiger charge is 2.24. The molecule has 1 aliphatic rings. The van der Waals surface area contributed by atoms with Crippen molar-refractivity contribution >= 4 is 54.9 Å². The van der Waals surface area contributed by atoms with Gasteiger partial charge in [-0.2, -0.15) is 8.42 Å². The number of hydrogen-bond donors (Lipinski definition) is 1. The molecule has 0 fully saturated rings. The Morgan fingerprint density at radius 1 is 1.53 bits per heavy atom. The Labute approximate surface area is 122 Å². The summed E-state index contributed by atoms with van der Waals surface area (Å²) in [6, 6.07) is 1.81. The van der Waals surface area contributed by atoms with Crippen molar-refractivity contribution < 1.29 is 17.9 Å². The van der Waals surface area contributed by atoms with Gasteiger partial charge in [0.2, 0.25) is 0 Å². The summed E-state index contributed by atoms with van der Waals surface area (Å²) in [7, 11) is -2.76. The van der Waals surface area contributed by atoms with E-state index in [9.17, 15) is 13.2 Å². The lowest BCUT2D eigenvalue weighted by Gasteiger charge is -2.13. The third-order valence-electron chi connectivity index (χ3n) is 2.26. The molecule has 0 amide bonds. The van der Waals surface area contributed by atoms with Gasteiger partial charge in [-0.25, -0.2) is 4.79 Å². The number of nitrogens with zero attached hydrogens (tertiary/aromatic N) is 1. The molecule has 0 atom stereocenters. The zero-order chi connectivity index (χ0) is 14.2. The molecule has 1 aromatic rings. The van der Waals surface area contributed by atoms with Crippen LogP contribution in [-0.4, -0.2) is 27.2 Å². The normalized spacial score (nSPS) is 17.2. The van der Waals surface area contributed by atoms with E-state index in [1.54, 1.807) is 0 Å². The Morgan fingerprint density at radius 3 is 2.74 bits per heavy atom. The molecule has 0 unspecified atom stereocenters. The third kappa shape index (κ3) is 3.04. The summed E-state index contributed by atoms with van der Waals surface area (Å²) in [6.07, 6.45) is 1.35. The number of carbonyl (C=O) groups excluding carboxylic acids is 1. The van der Waals surface area contributed by atoms with Gasteiger partial charge in [-0.05, 0) is 40.6 Å². The Balaban J connectivity index is 2.49. The van der Waals surface area contributed by atoms with Crippen LogP contribution < -0.4 is 4.72 Å². The molecule has 0 bridgehead atoms. The van der Waals surface area contributed by atoms with E-state index >= 15 is 0 Å². The van der Waals surface area contributed by atoms with E-state index in [0.29, 0.717) is 10.6 Å². The fourth-order valence-corrected chi connectivity index (χ4v) is 3.85. The second-order valence-corrected chi connectivity index (χ2v) is 7.38. The molecule has 1 aromatic heterocycles. The largest absolute Gasteiger partial charge is 0.464 e. The van der Waals surface area contributed by atoms with E-state index in [1.807, 2.05) is 13.0 Å². The third-order valence-corrected chi connectivity index (χ3v) is 5.34. The number of aryl methyl sites for hydroxylation is 1. The lowest BCUT2D eigenvalue weighted by atomic mass is 10.2. The molecule has 0 saturated heterocycles. The number of methoxy groups -OCH3 is 1. The summed E-state index contributed by atoms with van der Waals surface area (Å²) in [4.78, 5) is 12.1. The van der Waals surface area contributed by atoms with E-state index in [2.05, 4.69) is 29.8 Å². The fraction of sp³-hybridized carbons (Fsp3) is 0.200. The molecule has 0 saturated carbocycles. The van der Waals surface area contributed by atoms with E-state index in [4.69, 9.17) is 0 Å². The van der Waals surface area contributed by atoms with E-state index in [1.165, 1.54) is 24.5 Å². The molecule has 19 heavy (non-hydrogen) atoms. The summed E-state index contributed by atoms with van der Waals surface area (Å²) in [5.41, 5.74) is 1.02.